The van der Waals surface area contributed by atoms with Gasteiger partial charge in [-0.3, -0.25) is 4.79 Å². The molecule has 0 saturated carbocycles. The maximum Gasteiger partial charge on any atom is 0.343 e. The molecule has 4 nitrogen and oxygen atoms in total. The number of hydrogen-bond acceptors (Lipinski definition) is 4. The van der Waals surface area contributed by atoms with E-state index in [4.69, 9.17) is 9.47 Å². The first kappa shape index (κ1) is 16.7. The van der Waals surface area contributed by atoms with E-state index < -0.39 is 5.97 Å². The molecule has 0 N–H and O–H groups in total. The minimum absolute atomic E-state index is 0.0589. The van der Waals surface area contributed by atoms with E-state index in [2.05, 4.69) is 0 Å². The lowest BCUT2D eigenvalue weighted by Crippen LogP contribution is -2.09. The van der Waals surface area contributed by atoms with Crippen LogP contribution in [-0.2, 0) is 0 Å². The zero-order valence-corrected chi connectivity index (χ0v) is 13.4. The Morgan fingerprint density at radius 3 is 2.30 bits per heavy atom. The quantitative estimate of drug-likeness (QED) is 0.435. The molecule has 0 aromatic heterocycles. The molecule has 0 bridgehead atoms. The summed E-state index contributed by atoms with van der Waals surface area (Å²) >= 11 is 0. The monoisotopic (exact) mass is 312 g/mol. The average molecular weight is 312 g/mol. The van der Waals surface area contributed by atoms with Crippen LogP contribution < -0.4 is 9.47 Å². The van der Waals surface area contributed by atoms with Crippen LogP contribution in [0, 0.1) is 0 Å². The van der Waals surface area contributed by atoms with Gasteiger partial charge in [0.15, 0.2) is 5.78 Å². The minimum atomic E-state index is -0.457. The minimum Gasteiger partial charge on any atom is -0.494 e. The number of Topliss-reactive ketones (excluding diaryl/α,β-unsaturated/α-hetero) is 1. The maximum absolute atomic E-state index is 12.2. The molecule has 0 amide bonds. The third kappa shape index (κ3) is 4.68. The number of hydrogen-bond donors (Lipinski definition) is 0. The van der Waals surface area contributed by atoms with Crippen molar-refractivity contribution in [2.45, 2.75) is 26.7 Å². The number of rotatable bonds is 7. The Hall–Kier alpha value is -2.62. The van der Waals surface area contributed by atoms with E-state index in [1.54, 1.807) is 48.5 Å². The topological polar surface area (TPSA) is 52.6 Å². The van der Waals surface area contributed by atoms with Crippen molar-refractivity contribution in [3.8, 4) is 11.5 Å². The Labute approximate surface area is 136 Å². The Balaban J connectivity index is 2.05. The van der Waals surface area contributed by atoms with Crippen LogP contribution >= 0.6 is 0 Å². The standard InChI is InChI=1S/C19H20O4/c1-3-12-22-17-7-5-6-15(13-17)19(21)23-16-10-8-14(9-11-16)18(20)4-2/h5-11,13H,3-4,12H2,1-2H3. The van der Waals surface area contributed by atoms with Gasteiger partial charge in [-0.2, -0.15) is 0 Å². The summed E-state index contributed by atoms with van der Waals surface area (Å²) in [4.78, 5) is 23.7. The Kier molecular flexibility index (Phi) is 5.92. The van der Waals surface area contributed by atoms with Gasteiger partial charge in [0.25, 0.3) is 0 Å². The highest BCUT2D eigenvalue weighted by Gasteiger charge is 2.10. The van der Waals surface area contributed by atoms with Crippen molar-refractivity contribution in [1.29, 1.82) is 0 Å². The average Bonchev–Trinajstić information content (AvgIpc) is 2.60. The van der Waals surface area contributed by atoms with Gasteiger partial charge in [-0.25, -0.2) is 4.79 Å². The van der Waals surface area contributed by atoms with Crippen molar-refractivity contribution in [2.75, 3.05) is 6.61 Å². The van der Waals surface area contributed by atoms with Crippen LogP contribution in [0.15, 0.2) is 48.5 Å². The predicted octanol–water partition coefficient (Wildman–Crippen LogP) is 4.29. The number of carbonyl (C=O) groups is 2. The third-order valence-corrected chi connectivity index (χ3v) is 3.25. The highest BCUT2D eigenvalue weighted by Crippen LogP contribution is 2.18. The van der Waals surface area contributed by atoms with Crippen LogP contribution in [0.5, 0.6) is 11.5 Å². The molecule has 0 radical (unpaired) electrons. The Bertz CT molecular complexity index is 674. The molecule has 2 rings (SSSR count). The SMILES string of the molecule is CCCOc1cccc(C(=O)Oc2ccc(C(=O)CC)cc2)c1. The number of benzene rings is 2. The third-order valence-electron chi connectivity index (χ3n) is 3.25. The molecule has 2 aromatic rings. The zero-order chi connectivity index (χ0) is 16.7. The van der Waals surface area contributed by atoms with E-state index in [-0.39, 0.29) is 5.78 Å². The van der Waals surface area contributed by atoms with Crippen LogP contribution in [0.2, 0.25) is 0 Å². The fourth-order valence-corrected chi connectivity index (χ4v) is 2.01. The largest absolute Gasteiger partial charge is 0.494 e. The second-order valence-electron chi connectivity index (χ2n) is 5.07. The summed E-state index contributed by atoms with van der Waals surface area (Å²) in [6.07, 6.45) is 1.35. The van der Waals surface area contributed by atoms with Gasteiger partial charge in [0.05, 0.1) is 12.2 Å². The smallest absolute Gasteiger partial charge is 0.343 e. The van der Waals surface area contributed by atoms with Crippen LogP contribution in [0.25, 0.3) is 0 Å². The molecule has 0 aliphatic rings. The van der Waals surface area contributed by atoms with E-state index in [0.717, 1.165) is 6.42 Å². The van der Waals surface area contributed by atoms with E-state index in [9.17, 15) is 9.59 Å². The fraction of sp³-hybridized carbons (Fsp3) is 0.263. The van der Waals surface area contributed by atoms with Crippen molar-refractivity contribution >= 4 is 11.8 Å². The first-order valence-corrected chi connectivity index (χ1v) is 7.72. The van der Waals surface area contributed by atoms with Gasteiger partial charge >= 0.3 is 5.97 Å². The molecule has 0 atom stereocenters. The molecule has 0 aliphatic carbocycles. The molecule has 4 heteroatoms. The van der Waals surface area contributed by atoms with Gasteiger partial charge < -0.3 is 9.47 Å². The van der Waals surface area contributed by atoms with Crippen molar-refractivity contribution in [2.24, 2.45) is 0 Å². The van der Waals surface area contributed by atoms with Crippen molar-refractivity contribution < 1.29 is 19.1 Å². The highest BCUT2D eigenvalue weighted by molar-refractivity contribution is 5.96. The van der Waals surface area contributed by atoms with Crippen molar-refractivity contribution in [3.63, 3.8) is 0 Å². The number of ether oxygens (including phenoxy) is 2. The Morgan fingerprint density at radius 2 is 1.65 bits per heavy atom. The van der Waals surface area contributed by atoms with Gasteiger partial charge in [-0.15, -0.1) is 0 Å². The molecular formula is C19H20O4. The number of carbonyl (C=O) groups excluding carboxylic acids is 2. The normalized spacial score (nSPS) is 10.2. The predicted molar refractivity (Wildman–Crippen MR) is 88.3 cm³/mol. The van der Waals surface area contributed by atoms with Crippen LogP contribution in [0.1, 0.15) is 47.4 Å². The van der Waals surface area contributed by atoms with E-state index in [1.165, 1.54) is 0 Å². The maximum atomic E-state index is 12.2. The molecule has 0 spiro atoms. The molecule has 2 aromatic carbocycles. The van der Waals surface area contributed by atoms with Gasteiger partial charge in [0, 0.05) is 12.0 Å². The summed E-state index contributed by atoms with van der Waals surface area (Å²) in [5.41, 5.74) is 1.04. The molecule has 0 saturated heterocycles. The molecule has 120 valence electrons. The second kappa shape index (κ2) is 8.13. The van der Waals surface area contributed by atoms with Gasteiger partial charge in [-0.05, 0) is 48.9 Å². The lowest BCUT2D eigenvalue weighted by molar-refractivity contribution is 0.0734. The zero-order valence-electron chi connectivity index (χ0n) is 13.4. The van der Waals surface area contributed by atoms with Crippen molar-refractivity contribution in [1.82, 2.24) is 0 Å². The lowest BCUT2D eigenvalue weighted by atomic mass is 10.1. The highest BCUT2D eigenvalue weighted by atomic mass is 16.5. The van der Waals surface area contributed by atoms with Crippen LogP contribution in [-0.4, -0.2) is 18.4 Å². The summed E-state index contributed by atoms with van der Waals surface area (Å²) < 4.78 is 10.8. The van der Waals surface area contributed by atoms with E-state index in [0.29, 0.717) is 35.7 Å². The first-order chi connectivity index (χ1) is 11.1. The molecule has 0 fully saturated rings. The number of ketones is 1. The molecule has 0 heterocycles. The van der Waals surface area contributed by atoms with Gasteiger partial charge in [0.2, 0.25) is 0 Å². The Morgan fingerprint density at radius 1 is 0.913 bits per heavy atom. The van der Waals surface area contributed by atoms with Crippen molar-refractivity contribution in [3.05, 3.63) is 59.7 Å². The lowest BCUT2D eigenvalue weighted by Gasteiger charge is -2.08. The van der Waals surface area contributed by atoms with E-state index >= 15 is 0 Å². The first-order valence-electron chi connectivity index (χ1n) is 7.72. The molecule has 23 heavy (non-hydrogen) atoms. The van der Waals surface area contributed by atoms with Gasteiger partial charge in [-0.1, -0.05) is 19.9 Å². The fourth-order valence-electron chi connectivity index (χ4n) is 2.01. The summed E-state index contributed by atoms with van der Waals surface area (Å²) in [5, 5.41) is 0. The molecule has 0 unspecified atom stereocenters. The number of esters is 1. The van der Waals surface area contributed by atoms with Crippen LogP contribution in [0.3, 0.4) is 0 Å². The molecular weight excluding hydrogens is 292 g/mol. The summed E-state index contributed by atoms with van der Waals surface area (Å²) in [6, 6.07) is 13.5. The molecule has 0 aliphatic heterocycles. The van der Waals surface area contributed by atoms with Gasteiger partial charge in [0.1, 0.15) is 11.5 Å². The summed E-state index contributed by atoms with van der Waals surface area (Å²) in [5.74, 6) is 0.651. The van der Waals surface area contributed by atoms with Crippen LogP contribution in [0.4, 0.5) is 0 Å². The second-order valence-corrected chi connectivity index (χ2v) is 5.07. The van der Waals surface area contributed by atoms with E-state index in [1.807, 2.05) is 13.8 Å². The summed E-state index contributed by atoms with van der Waals surface area (Å²) in [6.45, 7) is 4.43. The summed E-state index contributed by atoms with van der Waals surface area (Å²) in [7, 11) is 0.